The summed E-state index contributed by atoms with van der Waals surface area (Å²) >= 11 is 0. The standard InChI is InChI=1S/C13H10N2O3/c16-11-8-12-14(6-7-18-12)13(17)15(11)9-10-4-2-1-3-5-10/h1-8H,9H2. The van der Waals surface area contributed by atoms with Gasteiger partial charge in [-0.25, -0.2) is 9.20 Å². The van der Waals surface area contributed by atoms with Crippen molar-refractivity contribution in [3.63, 3.8) is 0 Å². The van der Waals surface area contributed by atoms with E-state index >= 15 is 0 Å². The molecule has 0 radical (unpaired) electrons. The number of nitrogens with zero attached hydrogens (tertiary/aromatic N) is 2. The van der Waals surface area contributed by atoms with Crippen LogP contribution >= 0.6 is 0 Å². The Morgan fingerprint density at radius 3 is 2.67 bits per heavy atom. The molecule has 0 spiro atoms. The third kappa shape index (κ3) is 1.66. The Morgan fingerprint density at radius 2 is 1.89 bits per heavy atom. The minimum Gasteiger partial charge on any atom is -0.446 e. The molecule has 3 rings (SSSR count). The molecule has 90 valence electrons. The topological polar surface area (TPSA) is 56.6 Å². The van der Waals surface area contributed by atoms with Gasteiger partial charge in [0.15, 0.2) is 0 Å². The van der Waals surface area contributed by atoms with Gasteiger partial charge in [0.2, 0.25) is 5.71 Å². The van der Waals surface area contributed by atoms with Crippen LogP contribution in [0.15, 0.2) is 62.9 Å². The Bertz CT molecular complexity index is 796. The van der Waals surface area contributed by atoms with Gasteiger partial charge in [0.25, 0.3) is 5.56 Å². The fraction of sp³-hybridized carbons (Fsp3) is 0.0769. The highest BCUT2D eigenvalue weighted by atomic mass is 16.3. The Balaban J connectivity index is 2.18. The molecule has 18 heavy (non-hydrogen) atoms. The van der Waals surface area contributed by atoms with Crippen LogP contribution in [-0.2, 0) is 6.54 Å². The Morgan fingerprint density at radius 1 is 1.11 bits per heavy atom. The van der Waals surface area contributed by atoms with Crippen LogP contribution in [0, 0.1) is 0 Å². The van der Waals surface area contributed by atoms with Crippen molar-refractivity contribution in [3.8, 4) is 0 Å². The highest BCUT2D eigenvalue weighted by molar-refractivity contribution is 5.31. The van der Waals surface area contributed by atoms with Gasteiger partial charge in [0.05, 0.1) is 18.8 Å². The zero-order chi connectivity index (χ0) is 12.5. The second kappa shape index (κ2) is 4.03. The molecular weight excluding hydrogens is 232 g/mol. The van der Waals surface area contributed by atoms with Crippen molar-refractivity contribution in [1.29, 1.82) is 0 Å². The molecule has 5 nitrogen and oxygen atoms in total. The van der Waals surface area contributed by atoms with Crippen molar-refractivity contribution in [2.45, 2.75) is 6.54 Å². The van der Waals surface area contributed by atoms with Gasteiger partial charge in [-0.05, 0) is 5.56 Å². The van der Waals surface area contributed by atoms with Gasteiger partial charge in [0, 0.05) is 0 Å². The summed E-state index contributed by atoms with van der Waals surface area (Å²) in [7, 11) is 0. The smallest absolute Gasteiger partial charge is 0.338 e. The van der Waals surface area contributed by atoms with Crippen LogP contribution in [0.25, 0.3) is 5.71 Å². The lowest BCUT2D eigenvalue weighted by Crippen LogP contribution is -2.36. The van der Waals surface area contributed by atoms with Crippen LogP contribution in [0.5, 0.6) is 0 Å². The van der Waals surface area contributed by atoms with E-state index in [0.29, 0.717) is 0 Å². The molecule has 0 bridgehead atoms. The summed E-state index contributed by atoms with van der Waals surface area (Å²) in [5.74, 6) is 0. The minimum atomic E-state index is -0.393. The van der Waals surface area contributed by atoms with Crippen molar-refractivity contribution in [1.82, 2.24) is 8.97 Å². The van der Waals surface area contributed by atoms with E-state index < -0.39 is 5.69 Å². The van der Waals surface area contributed by atoms with Gasteiger partial charge in [-0.1, -0.05) is 30.3 Å². The zero-order valence-electron chi connectivity index (χ0n) is 9.45. The first-order chi connectivity index (χ1) is 8.75. The van der Waals surface area contributed by atoms with E-state index in [1.807, 2.05) is 30.3 Å². The molecule has 5 heteroatoms. The maximum absolute atomic E-state index is 12.1. The number of rotatable bonds is 2. The predicted molar refractivity (Wildman–Crippen MR) is 65.7 cm³/mol. The summed E-state index contributed by atoms with van der Waals surface area (Å²) in [6.07, 6.45) is 2.88. The van der Waals surface area contributed by atoms with E-state index in [1.165, 1.54) is 27.5 Å². The molecule has 2 heterocycles. The number of hydrogen-bond acceptors (Lipinski definition) is 3. The fourth-order valence-electron chi connectivity index (χ4n) is 1.87. The van der Waals surface area contributed by atoms with Crippen LogP contribution in [0.3, 0.4) is 0 Å². The molecule has 2 aromatic heterocycles. The quantitative estimate of drug-likeness (QED) is 0.676. The van der Waals surface area contributed by atoms with E-state index in [1.54, 1.807) is 0 Å². The van der Waals surface area contributed by atoms with E-state index in [9.17, 15) is 9.59 Å². The normalized spacial score (nSPS) is 10.9. The summed E-state index contributed by atoms with van der Waals surface area (Å²) < 4.78 is 7.52. The largest absolute Gasteiger partial charge is 0.446 e. The summed E-state index contributed by atoms with van der Waals surface area (Å²) in [5, 5.41) is 0. The van der Waals surface area contributed by atoms with Gasteiger partial charge in [-0.3, -0.25) is 9.36 Å². The Hall–Kier alpha value is -2.56. The molecular formula is C13H10N2O3. The summed E-state index contributed by atoms with van der Waals surface area (Å²) in [4.78, 5) is 23.9. The van der Waals surface area contributed by atoms with Gasteiger partial charge in [-0.2, -0.15) is 0 Å². The second-order valence-corrected chi connectivity index (χ2v) is 3.95. The first-order valence-corrected chi connectivity index (χ1v) is 5.49. The number of fused-ring (bicyclic) bond motifs is 1. The fourth-order valence-corrected chi connectivity index (χ4v) is 1.87. The molecule has 0 fully saturated rings. The van der Waals surface area contributed by atoms with Crippen molar-refractivity contribution >= 4 is 5.71 Å². The molecule has 0 saturated heterocycles. The number of hydrogen-bond donors (Lipinski definition) is 0. The van der Waals surface area contributed by atoms with Crippen molar-refractivity contribution in [2.75, 3.05) is 0 Å². The van der Waals surface area contributed by atoms with E-state index in [2.05, 4.69) is 0 Å². The molecule has 3 aromatic rings. The van der Waals surface area contributed by atoms with Crippen LogP contribution in [-0.4, -0.2) is 8.97 Å². The highest BCUT2D eigenvalue weighted by Gasteiger charge is 2.08. The predicted octanol–water partition coefficient (Wildman–Crippen LogP) is 1.10. The van der Waals surface area contributed by atoms with Gasteiger partial charge in [-0.15, -0.1) is 0 Å². The van der Waals surface area contributed by atoms with Gasteiger partial charge in [0.1, 0.15) is 6.26 Å². The molecule has 0 saturated carbocycles. The lowest BCUT2D eigenvalue weighted by Gasteiger charge is -2.04. The minimum absolute atomic E-state index is 0.257. The molecule has 0 aliphatic heterocycles. The van der Waals surface area contributed by atoms with Crippen molar-refractivity contribution < 1.29 is 4.42 Å². The molecule has 0 aliphatic rings. The molecule has 0 atom stereocenters. The number of aromatic nitrogens is 2. The molecule has 0 amide bonds. The Kier molecular flexibility index (Phi) is 2.37. The first-order valence-electron chi connectivity index (χ1n) is 5.49. The van der Waals surface area contributed by atoms with E-state index in [-0.39, 0.29) is 17.8 Å². The maximum atomic E-state index is 12.1. The zero-order valence-corrected chi connectivity index (χ0v) is 9.45. The van der Waals surface area contributed by atoms with Gasteiger partial charge < -0.3 is 4.42 Å². The van der Waals surface area contributed by atoms with Crippen molar-refractivity contribution in [3.05, 3.63) is 75.3 Å². The lowest BCUT2D eigenvalue weighted by molar-refractivity contribution is 0.593. The molecule has 1 aromatic carbocycles. The average Bonchev–Trinajstić information content (AvgIpc) is 2.84. The van der Waals surface area contributed by atoms with Gasteiger partial charge >= 0.3 is 5.69 Å². The van der Waals surface area contributed by atoms with E-state index in [4.69, 9.17) is 4.42 Å². The van der Waals surface area contributed by atoms with Crippen LogP contribution in [0.2, 0.25) is 0 Å². The highest BCUT2D eigenvalue weighted by Crippen LogP contribution is 2.00. The molecule has 0 aliphatic carbocycles. The Labute approximate surface area is 102 Å². The number of oxazole rings is 1. The lowest BCUT2D eigenvalue weighted by atomic mass is 10.2. The van der Waals surface area contributed by atoms with E-state index in [0.717, 1.165) is 5.56 Å². The van der Waals surface area contributed by atoms with Crippen LogP contribution < -0.4 is 11.2 Å². The summed E-state index contributed by atoms with van der Waals surface area (Å²) in [6, 6.07) is 10.7. The molecule has 0 unspecified atom stereocenters. The average molecular weight is 242 g/mol. The second-order valence-electron chi connectivity index (χ2n) is 3.95. The third-order valence-corrected chi connectivity index (χ3v) is 2.77. The summed E-state index contributed by atoms with van der Waals surface area (Å²) in [6.45, 7) is 0.257. The summed E-state index contributed by atoms with van der Waals surface area (Å²) in [5.41, 5.74) is 0.406. The first kappa shape index (κ1) is 10.6. The molecule has 0 N–H and O–H groups in total. The monoisotopic (exact) mass is 242 g/mol. The maximum Gasteiger partial charge on any atom is 0.338 e. The SMILES string of the molecule is O=c1cc2occn2c(=O)n1Cc1ccccc1. The van der Waals surface area contributed by atoms with Crippen LogP contribution in [0.1, 0.15) is 5.56 Å². The van der Waals surface area contributed by atoms with Crippen molar-refractivity contribution in [2.24, 2.45) is 0 Å². The van der Waals surface area contributed by atoms with Crippen LogP contribution in [0.4, 0.5) is 0 Å². The number of benzene rings is 1. The third-order valence-electron chi connectivity index (χ3n) is 2.77.